The van der Waals surface area contributed by atoms with Gasteiger partial charge in [-0.1, -0.05) is 11.2 Å². The van der Waals surface area contributed by atoms with Crippen LogP contribution >= 0.6 is 0 Å². The van der Waals surface area contributed by atoms with Gasteiger partial charge in [0.15, 0.2) is 5.58 Å². The highest BCUT2D eigenvalue weighted by atomic mass is 16.5. The number of carbonyl (C=O) groups is 3. The van der Waals surface area contributed by atoms with E-state index in [-0.39, 0.29) is 24.1 Å². The first-order chi connectivity index (χ1) is 16.9. The SMILES string of the molecule is CC(=O)N1CCC(N(C)CCOc2ccc3c(ccc4onc([C@@H]5CCC(=O)NC5=O)c43)c2)CC1. The number of fused-ring (bicyclic) bond motifs is 3. The Hall–Kier alpha value is -3.46. The number of amides is 3. The van der Waals surface area contributed by atoms with Crippen molar-refractivity contribution in [3.63, 3.8) is 0 Å². The Morgan fingerprint density at radius 1 is 1.20 bits per heavy atom. The van der Waals surface area contributed by atoms with Crippen molar-refractivity contribution in [2.45, 2.75) is 44.6 Å². The summed E-state index contributed by atoms with van der Waals surface area (Å²) in [7, 11) is 2.11. The zero-order valence-corrected chi connectivity index (χ0v) is 20.1. The van der Waals surface area contributed by atoms with Gasteiger partial charge >= 0.3 is 0 Å². The Kier molecular flexibility index (Phi) is 6.42. The Morgan fingerprint density at radius 3 is 2.74 bits per heavy atom. The molecule has 0 aliphatic carbocycles. The van der Waals surface area contributed by atoms with Gasteiger partial charge in [-0.05, 0) is 61.3 Å². The Bertz CT molecular complexity index is 1280. The summed E-state index contributed by atoms with van der Waals surface area (Å²) >= 11 is 0. The number of imide groups is 1. The minimum absolute atomic E-state index is 0.151. The molecule has 1 N–H and O–H groups in total. The molecule has 3 amide bonds. The first-order valence-electron chi connectivity index (χ1n) is 12.1. The van der Waals surface area contributed by atoms with Gasteiger partial charge < -0.3 is 14.2 Å². The summed E-state index contributed by atoms with van der Waals surface area (Å²) in [4.78, 5) is 39.7. The van der Waals surface area contributed by atoms with E-state index >= 15 is 0 Å². The van der Waals surface area contributed by atoms with E-state index in [4.69, 9.17) is 9.26 Å². The third-order valence-electron chi connectivity index (χ3n) is 7.27. The molecule has 0 saturated carbocycles. The van der Waals surface area contributed by atoms with Crippen LogP contribution in [0.25, 0.3) is 21.7 Å². The summed E-state index contributed by atoms with van der Waals surface area (Å²) in [6.45, 7) is 4.62. The predicted molar refractivity (Wildman–Crippen MR) is 130 cm³/mol. The van der Waals surface area contributed by atoms with Gasteiger partial charge in [-0.15, -0.1) is 0 Å². The zero-order chi connectivity index (χ0) is 24.5. The third kappa shape index (κ3) is 4.73. The predicted octanol–water partition coefficient (Wildman–Crippen LogP) is 2.82. The number of carbonyl (C=O) groups excluding carboxylic acids is 3. The molecule has 0 bridgehead atoms. The fourth-order valence-electron chi connectivity index (χ4n) is 5.17. The van der Waals surface area contributed by atoms with Crippen molar-refractivity contribution >= 4 is 39.5 Å². The number of rotatable bonds is 6. The summed E-state index contributed by atoms with van der Waals surface area (Å²) in [5, 5.41) is 9.30. The van der Waals surface area contributed by atoms with Crippen molar-refractivity contribution < 1.29 is 23.6 Å². The quantitative estimate of drug-likeness (QED) is 0.543. The van der Waals surface area contributed by atoms with E-state index in [0.29, 0.717) is 30.3 Å². The summed E-state index contributed by atoms with van der Waals surface area (Å²) in [5.41, 5.74) is 1.19. The lowest BCUT2D eigenvalue weighted by Crippen LogP contribution is -2.45. The first kappa shape index (κ1) is 23.3. The fourth-order valence-corrected chi connectivity index (χ4v) is 5.17. The van der Waals surface area contributed by atoms with Crippen molar-refractivity contribution in [2.24, 2.45) is 0 Å². The molecule has 0 radical (unpaired) electrons. The number of likely N-dealkylation sites (N-methyl/N-ethyl adjacent to an activating group) is 1. The maximum Gasteiger partial charge on any atom is 0.235 e. The third-order valence-corrected chi connectivity index (χ3v) is 7.27. The van der Waals surface area contributed by atoms with Crippen LogP contribution in [0.5, 0.6) is 5.75 Å². The average Bonchev–Trinajstić information content (AvgIpc) is 3.28. The van der Waals surface area contributed by atoms with Gasteiger partial charge in [-0.3, -0.25) is 24.6 Å². The molecule has 2 aromatic carbocycles. The van der Waals surface area contributed by atoms with E-state index in [2.05, 4.69) is 22.4 Å². The number of nitrogens with zero attached hydrogens (tertiary/aromatic N) is 3. The van der Waals surface area contributed by atoms with Gasteiger partial charge in [-0.25, -0.2) is 0 Å². The smallest absolute Gasteiger partial charge is 0.235 e. The van der Waals surface area contributed by atoms with E-state index in [1.807, 2.05) is 35.2 Å². The summed E-state index contributed by atoms with van der Waals surface area (Å²) in [5.74, 6) is -0.162. The Balaban J connectivity index is 1.26. The molecule has 0 spiro atoms. The number of hydrogen-bond acceptors (Lipinski definition) is 7. The number of aromatic nitrogens is 1. The second-order valence-corrected chi connectivity index (χ2v) is 9.46. The molecule has 35 heavy (non-hydrogen) atoms. The molecule has 0 unspecified atom stereocenters. The molecule has 1 aromatic heterocycles. The molecule has 2 aliphatic heterocycles. The normalized spacial score (nSPS) is 19.5. The highest BCUT2D eigenvalue weighted by molar-refractivity contribution is 6.10. The molecule has 3 heterocycles. The van der Waals surface area contributed by atoms with Crippen LogP contribution in [0.1, 0.15) is 44.2 Å². The molecule has 9 heteroatoms. The van der Waals surface area contributed by atoms with Gasteiger partial charge in [0.1, 0.15) is 18.1 Å². The minimum atomic E-state index is -0.506. The molecule has 2 saturated heterocycles. The van der Waals surface area contributed by atoms with Crippen LogP contribution in [0.15, 0.2) is 34.9 Å². The highest BCUT2D eigenvalue weighted by Gasteiger charge is 2.32. The van der Waals surface area contributed by atoms with Gasteiger partial charge in [0.2, 0.25) is 17.7 Å². The van der Waals surface area contributed by atoms with E-state index in [9.17, 15) is 14.4 Å². The average molecular weight is 479 g/mol. The second kappa shape index (κ2) is 9.65. The Morgan fingerprint density at radius 2 is 2.00 bits per heavy atom. The minimum Gasteiger partial charge on any atom is -0.492 e. The zero-order valence-electron chi connectivity index (χ0n) is 20.1. The number of ether oxygens (including phenoxy) is 1. The van der Waals surface area contributed by atoms with Gasteiger partial charge in [0.25, 0.3) is 0 Å². The molecule has 184 valence electrons. The van der Waals surface area contributed by atoms with Gasteiger partial charge in [0, 0.05) is 39.0 Å². The molecule has 2 aliphatic rings. The summed E-state index contributed by atoms with van der Waals surface area (Å²) in [6.07, 6.45) is 2.68. The van der Waals surface area contributed by atoms with Gasteiger partial charge in [0.05, 0.1) is 11.3 Å². The molecule has 3 aromatic rings. The number of benzene rings is 2. The molecule has 2 fully saturated rings. The molecule has 5 rings (SSSR count). The molecule has 9 nitrogen and oxygen atoms in total. The van der Waals surface area contributed by atoms with Crippen LogP contribution < -0.4 is 10.1 Å². The standard InChI is InChI=1S/C26H30N4O5/c1-16(31)30-11-9-18(10-12-30)29(2)13-14-34-19-4-5-20-17(15-19)3-7-22-24(20)25(28-35-22)21-6-8-23(32)27-26(21)33/h3-5,7,15,18,21H,6,8-14H2,1-2H3,(H,27,32,33)/t21-/m0/s1. The molecular formula is C26H30N4O5. The van der Waals surface area contributed by atoms with Crippen LogP contribution in [-0.4, -0.2) is 72.0 Å². The van der Waals surface area contributed by atoms with E-state index in [1.165, 1.54) is 0 Å². The van der Waals surface area contributed by atoms with Crippen LogP contribution in [0.2, 0.25) is 0 Å². The largest absolute Gasteiger partial charge is 0.492 e. The number of piperidine rings is 2. The second-order valence-electron chi connectivity index (χ2n) is 9.46. The maximum absolute atomic E-state index is 12.4. The van der Waals surface area contributed by atoms with Crippen molar-refractivity contribution in [3.8, 4) is 5.75 Å². The molecule has 1 atom stereocenters. The van der Waals surface area contributed by atoms with Crippen molar-refractivity contribution in [1.29, 1.82) is 0 Å². The molecular weight excluding hydrogens is 448 g/mol. The van der Waals surface area contributed by atoms with Crippen molar-refractivity contribution in [2.75, 3.05) is 33.3 Å². The lowest BCUT2D eigenvalue weighted by molar-refractivity contribution is -0.134. The number of hydrogen-bond donors (Lipinski definition) is 1. The van der Waals surface area contributed by atoms with E-state index < -0.39 is 5.92 Å². The summed E-state index contributed by atoms with van der Waals surface area (Å²) in [6, 6.07) is 10.2. The fraction of sp³-hybridized carbons (Fsp3) is 0.462. The van der Waals surface area contributed by atoms with Crippen LogP contribution in [0.4, 0.5) is 0 Å². The van der Waals surface area contributed by atoms with Crippen LogP contribution in [-0.2, 0) is 14.4 Å². The summed E-state index contributed by atoms with van der Waals surface area (Å²) < 4.78 is 11.6. The topological polar surface area (TPSA) is 105 Å². The van der Waals surface area contributed by atoms with Crippen molar-refractivity contribution in [1.82, 2.24) is 20.3 Å². The van der Waals surface area contributed by atoms with E-state index in [0.717, 1.165) is 54.4 Å². The Labute approximate surface area is 203 Å². The van der Waals surface area contributed by atoms with Crippen LogP contribution in [0, 0.1) is 0 Å². The lowest BCUT2D eigenvalue weighted by Gasteiger charge is -2.36. The van der Waals surface area contributed by atoms with Gasteiger partial charge in [-0.2, -0.15) is 0 Å². The van der Waals surface area contributed by atoms with E-state index in [1.54, 1.807) is 6.92 Å². The monoisotopic (exact) mass is 478 g/mol. The number of nitrogens with one attached hydrogen (secondary N) is 1. The number of likely N-dealkylation sites (tertiary alicyclic amines) is 1. The highest BCUT2D eigenvalue weighted by Crippen LogP contribution is 2.36. The van der Waals surface area contributed by atoms with Crippen LogP contribution in [0.3, 0.4) is 0 Å². The first-order valence-corrected chi connectivity index (χ1v) is 12.1. The maximum atomic E-state index is 12.4. The van der Waals surface area contributed by atoms with Crippen molar-refractivity contribution in [3.05, 3.63) is 36.0 Å². The lowest BCUT2D eigenvalue weighted by atomic mass is 9.91.